The zero-order chi connectivity index (χ0) is 12.1. The monoisotopic (exact) mass is 233 g/mol. The number of nitrogens with zero attached hydrogens (tertiary/aromatic N) is 1. The van der Waals surface area contributed by atoms with Crippen LogP contribution in [0, 0.1) is 5.92 Å². The van der Waals surface area contributed by atoms with Gasteiger partial charge in [0.05, 0.1) is 0 Å². The largest absolute Gasteiger partial charge is 0.492 e. The Labute approximate surface area is 102 Å². The van der Waals surface area contributed by atoms with Crippen LogP contribution in [0.1, 0.15) is 23.7 Å². The second-order valence-corrected chi connectivity index (χ2v) is 4.73. The third kappa shape index (κ3) is 3.56. The maximum Gasteiger partial charge on any atom is 0.150 e. The molecule has 1 atom stereocenters. The van der Waals surface area contributed by atoms with Crippen molar-refractivity contribution in [3.05, 3.63) is 29.8 Å². The van der Waals surface area contributed by atoms with E-state index in [0.717, 1.165) is 24.5 Å². The van der Waals surface area contributed by atoms with E-state index < -0.39 is 0 Å². The van der Waals surface area contributed by atoms with Gasteiger partial charge < -0.3 is 4.74 Å². The predicted molar refractivity (Wildman–Crippen MR) is 67.5 cm³/mol. The van der Waals surface area contributed by atoms with Crippen LogP contribution in [-0.4, -0.2) is 37.4 Å². The summed E-state index contributed by atoms with van der Waals surface area (Å²) < 4.78 is 5.65. The lowest BCUT2D eigenvalue weighted by Gasteiger charge is -2.15. The quantitative estimate of drug-likeness (QED) is 0.730. The Morgan fingerprint density at radius 1 is 1.41 bits per heavy atom. The Hall–Kier alpha value is -1.35. The average Bonchev–Trinajstić information content (AvgIpc) is 2.76. The standard InChI is InChI=1S/C14H19NO2/c1-12-6-7-15(10-12)8-9-17-14-4-2-13(11-16)3-5-14/h2-5,11-12H,6-10H2,1H3. The fraction of sp³-hybridized carbons (Fsp3) is 0.500. The first-order chi connectivity index (χ1) is 8.28. The van der Waals surface area contributed by atoms with Gasteiger partial charge in [0.1, 0.15) is 18.6 Å². The number of aldehydes is 1. The average molecular weight is 233 g/mol. The van der Waals surface area contributed by atoms with Crippen LogP contribution in [0.15, 0.2) is 24.3 Å². The van der Waals surface area contributed by atoms with Gasteiger partial charge in [0.25, 0.3) is 0 Å². The van der Waals surface area contributed by atoms with Crippen LogP contribution >= 0.6 is 0 Å². The lowest BCUT2D eigenvalue weighted by atomic mass is 10.2. The van der Waals surface area contributed by atoms with E-state index in [9.17, 15) is 4.79 Å². The Morgan fingerprint density at radius 2 is 2.18 bits per heavy atom. The van der Waals surface area contributed by atoms with Crippen molar-refractivity contribution in [3.8, 4) is 5.75 Å². The van der Waals surface area contributed by atoms with Gasteiger partial charge in [0, 0.05) is 18.7 Å². The number of hydrogen-bond donors (Lipinski definition) is 0. The highest BCUT2D eigenvalue weighted by Crippen LogP contribution is 2.15. The van der Waals surface area contributed by atoms with Crippen LogP contribution in [0.3, 0.4) is 0 Å². The molecule has 1 saturated heterocycles. The summed E-state index contributed by atoms with van der Waals surface area (Å²) in [6.07, 6.45) is 2.14. The van der Waals surface area contributed by atoms with Crippen molar-refractivity contribution in [1.82, 2.24) is 4.90 Å². The van der Waals surface area contributed by atoms with E-state index in [0.29, 0.717) is 12.2 Å². The second kappa shape index (κ2) is 5.82. The highest BCUT2D eigenvalue weighted by atomic mass is 16.5. The third-order valence-electron chi connectivity index (χ3n) is 3.20. The SMILES string of the molecule is CC1CCN(CCOc2ccc(C=O)cc2)C1. The number of likely N-dealkylation sites (tertiary alicyclic amines) is 1. The topological polar surface area (TPSA) is 29.5 Å². The third-order valence-corrected chi connectivity index (χ3v) is 3.20. The van der Waals surface area contributed by atoms with Gasteiger partial charge in [0.2, 0.25) is 0 Å². The molecule has 0 spiro atoms. The molecular formula is C14H19NO2. The zero-order valence-electron chi connectivity index (χ0n) is 10.3. The zero-order valence-corrected chi connectivity index (χ0v) is 10.3. The minimum Gasteiger partial charge on any atom is -0.492 e. The molecule has 1 aromatic carbocycles. The van der Waals surface area contributed by atoms with Gasteiger partial charge in [0.15, 0.2) is 0 Å². The lowest BCUT2D eigenvalue weighted by Crippen LogP contribution is -2.25. The fourth-order valence-corrected chi connectivity index (χ4v) is 2.16. The molecule has 0 aromatic heterocycles. The number of hydrogen-bond acceptors (Lipinski definition) is 3. The number of ether oxygens (including phenoxy) is 1. The summed E-state index contributed by atoms with van der Waals surface area (Å²) >= 11 is 0. The van der Waals surface area contributed by atoms with Crippen molar-refractivity contribution in [1.29, 1.82) is 0 Å². The molecule has 1 aliphatic rings. The summed E-state index contributed by atoms with van der Waals surface area (Å²) in [5.41, 5.74) is 0.686. The Kier molecular flexibility index (Phi) is 4.15. The molecule has 17 heavy (non-hydrogen) atoms. The molecule has 3 nitrogen and oxygen atoms in total. The summed E-state index contributed by atoms with van der Waals surface area (Å²) in [5, 5.41) is 0. The van der Waals surface area contributed by atoms with Crippen LogP contribution in [-0.2, 0) is 0 Å². The van der Waals surface area contributed by atoms with Crippen molar-refractivity contribution < 1.29 is 9.53 Å². The van der Waals surface area contributed by atoms with E-state index in [1.54, 1.807) is 12.1 Å². The Balaban J connectivity index is 1.72. The van der Waals surface area contributed by atoms with E-state index in [1.165, 1.54) is 19.5 Å². The van der Waals surface area contributed by atoms with Gasteiger partial charge in [-0.05, 0) is 43.1 Å². The highest BCUT2D eigenvalue weighted by molar-refractivity contribution is 5.74. The van der Waals surface area contributed by atoms with E-state index in [4.69, 9.17) is 4.74 Å². The Bertz CT molecular complexity index is 361. The summed E-state index contributed by atoms with van der Waals surface area (Å²) in [7, 11) is 0. The maximum absolute atomic E-state index is 10.5. The number of carbonyl (C=O) groups excluding carboxylic acids is 1. The first kappa shape index (κ1) is 12.1. The highest BCUT2D eigenvalue weighted by Gasteiger charge is 2.17. The first-order valence-electron chi connectivity index (χ1n) is 6.18. The van der Waals surface area contributed by atoms with Gasteiger partial charge >= 0.3 is 0 Å². The van der Waals surface area contributed by atoms with Gasteiger partial charge in [-0.2, -0.15) is 0 Å². The molecule has 0 bridgehead atoms. The molecule has 0 N–H and O–H groups in total. The first-order valence-corrected chi connectivity index (χ1v) is 6.18. The molecule has 0 amide bonds. The number of benzene rings is 1. The van der Waals surface area contributed by atoms with Gasteiger partial charge in [-0.15, -0.1) is 0 Å². The van der Waals surface area contributed by atoms with Crippen molar-refractivity contribution in [2.75, 3.05) is 26.2 Å². The molecule has 3 heteroatoms. The molecular weight excluding hydrogens is 214 g/mol. The summed E-state index contributed by atoms with van der Waals surface area (Å²) in [6.45, 7) is 6.37. The van der Waals surface area contributed by atoms with Gasteiger partial charge in [-0.25, -0.2) is 0 Å². The van der Waals surface area contributed by atoms with Crippen molar-refractivity contribution in [3.63, 3.8) is 0 Å². The molecule has 1 aliphatic heterocycles. The molecule has 92 valence electrons. The number of carbonyl (C=O) groups is 1. The van der Waals surface area contributed by atoms with E-state index in [-0.39, 0.29) is 0 Å². The van der Waals surface area contributed by atoms with Gasteiger partial charge in [-0.1, -0.05) is 6.92 Å². The summed E-state index contributed by atoms with van der Waals surface area (Å²) in [6, 6.07) is 7.24. The van der Waals surface area contributed by atoms with Crippen molar-refractivity contribution >= 4 is 6.29 Å². The molecule has 1 fully saturated rings. The molecule has 0 radical (unpaired) electrons. The Morgan fingerprint density at radius 3 is 2.76 bits per heavy atom. The predicted octanol–water partition coefficient (Wildman–Crippen LogP) is 2.22. The van der Waals surface area contributed by atoms with Crippen LogP contribution in [0.5, 0.6) is 5.75 Å². The molecule has 1 aromatic rings. The number of rotatable bonds is 5. The summed E-state index contributed by atoms with van der Waals surface area (Å²) in [5.74, 6) is 1.66. The molecule has 0 saturated carbocycles. The fourth-order valence-electron chi connectivity index (χ4n) is 2.16. The normalized spacial score (nSPS) is 20.4. The maximum atomic E-state index is 10.5. The smallest absolute Gasteiger partial charge is 0.150 e. The molecule has 1 unspecified atom stereocenters. The lowest BCUT2D eigenvalue weighted by molar-refractivity contribution is 0.112. The van der Waals surface area contributed by atoms with Crippen LogP contribution in [0.2, 0.25) is 0 Å². The second-order valence-electron chi connectivity index (χ2n) is 4.73. The van der Waals surface area contributed by atoms with E-state index in [2.05, 4.69) is 11.8 Å². The van der Waals surface area contributed by atoms with Crippen LogP contribution in [0.4, 0.5) is 0 Å². The van der Waals surface area contributed by atoms with Crippen LogP contribution < -0.4 is 4.74 Å². The van der Waals surface area contributed by atoms with Crippen LogP contribution in [0.25, 0.3) is 0 Å². The minimum atomic E-state index is 0.686. The van der Waals surface area contributed by atoms with E-state index in [1.807, 2.05) is 12.1 Å². The minimum absolute atomic E-state index is 0.686. The van der Waals surface area contributed by atoms with Crippen molar-refractivity contribution in [2.24, 2.45) is 5.92 Å². The molecule has 2 rings (SSSR count). The summed E-state index contributed by atoms with van der Waals surface area (Å²) in [4.78, 5) is 12.9. The van der Waals surface area contributed by atoms with E-state index >= 15 is 0 Å². The van der Waals surface area contributed by atoms with Crippen molar-refractivity contribution in [2.45, 2.75) is 13.3 Å². The molecule has 1 heterocycles. The van der Waals surface area contributed by atoms with Gasteiger partial charge in [-0.3, -0.25) is 9.69 Å². The molecule has 0 aliphatic carbocycles.